The molecule has 0 amide bonds. The van der Waals surface area contributed by atoms with E-state index in [1.54, 1.807) is 6.92 Å². The van der Waals surface area contributed by atoms with Crippen LogP contribution >= 0.6 is 0 Å². The van der Waals surface area contributed by atoms with E-state index < -0.39 is 5.97 Å². The maximum absolute atomic E-state index is 12.4. The van der Waals surface area contributed by atoms with Gasteiger partial charge in [0.25, 0.3) is 0 Å². The molecule has 37 heavy (non-hydrogen) atoms. The lowest BCUT2D eigenvalue weighted by molar-refractivity contribution is -0.147. The van der Waals surface area contributed by atoms with E-state index in [4.69, 9.17) is 4.74 Å². The number of Topliss-reactive ketones (excluding diaryl/α,β-unsaturated/α-hetero) is 1. The lowest BCUT2D eigenvalue weighted by Gasteiger charge is -2.61. The van der Waals surface area contributed by atoms with E-state index in [-0.39, 0.29) is 45.8 Å². The highest BCUT2D eigenvalue weighted by molar-refractivity contribution is 5.94. The number of carbonyl (C=O) groups is 3. The zero-order valence-corrected chi connectivity index (χ0v) is 23.8. The van der Waals surface area contributed by atoms with Gasteiger partial charge in [-0.05, 0) is 123 Å². The molecule has 0 saturated heterocycles. The van der Waals surface area contributed by atoms with Crippen molar-refractivity contribution in [1.82, 2.24) is 0 Å². The Bertz CT molecular complexity index is 997. The number of hydrogen-bond acceptors (Lipinski definition) is 4. The highest BCUT2D eigenvalue weighted by Gasteiger charge is 2.80. The molecule has 0 aromatic carbocycles. The molecule has 0 bridgehead atoms. The minimum atomic E-state index is -0.690. The summed E-state index contributed by atoms with van der Waals surface area (Å²) in [5.41, 5.74) is 2.41. The fourth-order valence-electron chi connectivity index (χ4n) is 10.3. The summed E-state index contributed by atoms with van der Waals surface area (Å²) in [6.07, 6.45) is 10.2. The molecule has 0 radical (unpaired) electrons. The first-order chi connectivity index (χ1) is 17.2. The highest BCUT2D eigenvalue weighted by Crippen LogP contribution is 2.87. The van der Waals surface area contributed by atoms with Crippen molar-refractivity contribution in [3.63, 3.8) is 0 Å². The van der Waals surface area contributed by atoms with E-state index in [0.29, 0.717) is 36.4 Å². The number of esters is 1. The van der Waals surface area contributed by atoms with E-state index in [0.717, 1.165) is 51.4 Å². The second-order valence-corrected chi connectivity index (χ2v) is 13.7. The van der Waals surface area contributed by atoms with Crippen LogP contribution in [0.25, 0.3) is 0 Å². The molecule has 0 heterocycles. The molecule has 1 N–H and O–H groups in total. The van der Waals surface area contributed by atoms with Gasteiger partial charge in [0.1, 0.15) is 0 Å². The molecule has 0 aliphatic heterocycles. The van der Waals surface area contributed by atoms with Gasteiger partial charge < -0.3 is 9.84 Å². The van der Waals surface area contributed by atoms with Gasteiger partial charge in [-0.25, -0.2) is 0 Å². The van der Waals surface area contributed by atoms with Crippen LogP contribution < -0.4 is 0 Å². The fourth-order valence-corrected chi connectivity index (χ4v) is 10.3. The summed E-state index contributed by atoms with van der Waals surface area (Å²) in [4.78, 5) is 35.8. The molecule has 4 fully saturated rings. The minimum absolute atomic E-state index is 0.0909. The average molecular weight is 513 g/mol. The Morgan fingerprint density at radius 3 is 2.27 bits per heavy atom. The van der Waals surface area contributed by atoms with Crippen LogP contribution in [0.3, 0.4) is 0 Å². The molecule has 4 rings (SSSR count). The fraction of sp³-hybridized carbons (Fsp3) is 0.781. The molecule has 4 aliphatic rings. The first-order valence-electron chi connectivity index (χ1n) is 14.4. The maximum atomic E-state index is 12.4. The number of ether oxygens (including phenoxy) is 1. The second kappa shape index (κ2) is 9.68. The van der Waals surface area contributed by atoms with Crippen molar-refractivity contribution < 1.29 is 24.2 Å². The Balaban J connectivity index is 1.62. The number of carboxylic acids is 1. The van der Waals surface area contributed by atoms with Gasteiger partial charge in [-0.2, -0.15) is 0 Å². The third kappa shape index (κ3) is 4.33. The molecular formula is C32H48O5. The van der Waals surface area contributed by atoms with Crippen molar-refractivity contribution in [1.29, 1.82) is 0 Å². The third-order valence-corrected chi connectivity index (χ3v) is 12.2. The van der Waals surface area contributed by atoms with E-state index in [2.05, 4.69) is 33.9 Å². The van der Waals surface area contributed by atoms with Crippen LogP contribution in [0.5, 0.6) is 0 Å². The average Bonchev–Trinajstić information content (AvgIpc) is 3.41. The Labute approximate surface area is 223 Å². The van der Waals surface area contributed by atoms with Crippen LogP contribution in [-0.4, -0.2) is 29.4 Å². The minimum Gasteiger partial charge on any atom is -0.481 e. The predicted octanol–water partition coefficient (Wildman–Crippen LogP) is 7.15. The number of allylic oxidation sites excluding steroid dienone is 2. The lowest BCUT2D eigenvalue weighted by atomic mass is 9.43. The van der Waals surface area contributed by atoms with Crippen molar-refractivity contribution in [3.8, 4) is 0 Å². The number of aliphatic carboxylic acids is 1. The van der Waals surface area contributed by atoms with Crippen molar-refractivity contribution in [2.24, 2.45) is 45.3 Å². The van der Waals surface area contributed by atoms with Gasteiger partial charge in [-0.1, -0.05) is 32.6 Å². The van der Waals surface area contributed by atoms with Crippen molar-refractivity contribution in [3.05, 3.63) is 24.3 Å². The van der Waals surface area contributed by atoms with Gasteiger partial charge in [0.15, 0.2) is 5.78 Å². The van der Waals surface area contributed by atoms with E-state index >= 15 is 0 Å². The highest BCUT2D eigenvalue weighted by atomic mass is 16.5. The number of rotatable bonds is 11. The summed E-state index contributed by atoms with van der Waals surface area (Å²) >= 11 is 0. The Kier molecular flexibility index (Phi) is 7.36. The largest absolute Gasteiger partial charge is 0.481 e. The summed E-state index contributed by atoms with van der Waals surface area (Å²) in [6.45, 7) is 18.9. The Morgan fingerprint density at radius 2 is 1.68 bits per heavy atom. The van der Waals surface area contributed by atoms with Crippen LogP contribution in [0.15, 0.2) is 24.3 Å². The van der Waals surface area contributed by atoms with Gasteiger partial charge in [0, 0.05) is 19.8 Å². The van der Waals surface area contributed by atoms with Crippen molar-refractivity contribution >= 4 is 17.7 Å². The SMILES string of the molecule is C=C(C)C(=O)CC[C@@H](COC(C)=O)[C@H]1CC[C@@]2(C)[C@@H]3CC[C@@H](C(=C)C)[C@@]4(CCC(=O)O)C[C@@]34CC[C@]12C. The standard InChI is InChI=1S/C32H48O5/c1-20(2)24-9-11-27-30(7)14-12-25(23(18-37-22(5)33)8-10-26(34)21(3)4)29(30,6)16-17-32(27)19-31(24,32)15-13-28(35)36/h23-25,27H,1,3,8-19H2,2,4-7H3,(H,35,36)/t23-,24-,25+,27-,29+,30-,31+,32-/m0/s1. The molecule has 8 atom stereocenters. The third-order valence-electron chi connectivity index (χ3n) is 12.2. The predicted molar refractivity (Wildman–Crippen MR) is 145 cm³/mol. The summed E-state index contributed by atoms with van der Waals surface area (Å²) < 4.78 is 5.57. The molecule has 0 aromatic heterocycles. The molecular weight excluding hydrogens is 464 g/mol. The summed E-state index contributed by atoms with van der Waals surface area (Å²) in [6, 6.07) is 0. The number of fused-ring (bicyclic) bond motifs is 2. The van der Waals surface area contributed by atoms with Crippen LogP contribution in [0.2, 0.25) is 0 Å². The molecule has 4 saturated carbocycles. The van der Waals surface area contributed by atoms with Crippen molar-refractivity contribution in [2.75, 3.05) is 6.61 Å². The second-order valence-electron chi connectivity index (χ2n) is 13.7. The first kappa shape index (κ1) is 28.1. The summed E-state index contributed by atoms with van der Waals surface area (Å²) in [5.74, 6) is 0.723. The monoisotopic (exact) mass is 512 g/mol. The number of carbonyl (C=O) groups excluding carboxylic acids is 2. The quantitative estimate of drug-likeness (QED) is 0.181. The smallest absolute Gasteiger partial charge is 0.303 e. The van der Waals surface area contributed by atoms with Gasteiger partial charge in [-0.3, -0.25) is 14.4 Å². The lowest BCUT2D eigenvalue weighted by Crippen LogP contribution is -2.54. The number of hydrogen-bond donors (Lipinski definition) is 1. The molecule has 5 heteroatoms. The molecule has 5 nitrogen and oxygen atoms in total. The maximum Gasteiger partial charge on any atom is 0.303 e. The van der Waals surface area contributed by atoms with Crippen molar-refractivity contribution in [2.45, 2.75) is 105 Å². The van der Waals surface area contributed by atoms with Crippen LogP contribution in [0.1, 0.15) is 105 Å². The van der Waals surface area contributed by atoms with Crippen LogP contribution in [0.4, 0.5) is 0 Å². The van der Waals surface area contributed by atoms with E-state index in [1.165, 1.54) is 18.9 Å². The molecule has 1 spiro atoms. The molecule has 0 unspecified atom stereocenters. The Hall–Kier alpha value is -1.91. The molecule has 4 aliphatic carbocycles. The van der Waals surface area contributed by atoms with Gasteiger partial charge >= 0.3 is 11.9 Å². The van der Waals surface area contributed by atoms with Crippen LogP contribution in [0, 0.1) is 45.3 Å². The van der Waals surface area contributed by atoms with Gasteiger partial charge in [-0.15, -0.1) is 0 Å². The van der Waals surface area contributed by atoms with Gasteiger partial charge in [0.2, 0.25) is 0 Å². The van der Waals surface area contributed by atoms with E-state index in [9.17, 15) is 19.5 Å². The van der Waals surface area contributed by atoms with E-state index in [1.807, 2.05) is 0 Å². The van der Waals surface area contributed by atoms with Gasteiger partial charge in [0.05, 0.1) is 6.61 Å². The van der Waals surface area contributed by atoms with Crippen LogP contribution in [-0.2, 0) is 19.1 Å². The zero-order valence-electron chi connectivity index (χ0n) is 23.8. The molecule has 206 valence electrons. The zero-order chi connectivity index (χ0) is 27.4. The summed E-state index contributed by atoms with van der Waals surface area (Å²) in [5, 5.41) is 9.56. The number of ketones is 1. The Morgan fingerprint density at radius 1 is 0.973 bits per heavy atom. The molecule has 0 aromatic rings. The summed E-state index contributed by atoms with van der Waals surface area (Å²) in [7, 11) is 0. The first-order valence-corrected chi connectivity index (χ1v) is 14.4. The number of carboxylic acid groups (broad SMARTS) is 1. The normalized spacial score (nSPS) is 40.5. The topological polar surface area (TPSA) is 80.7 Å².